The van der Waals surface area contributed by atoms with Gasteiger partial charge in [0.2, 0.25) is 0 Å². The van der Waals surface area contributed by atoms with E-state index in [1.165, 1.54) is 16.2 Å². The first-order chi connectivity index (χ1) is 14.6. The molecule has 30 heavy (non-hydrogen) atoms. The SMILES string of the molecule is Cc1ccccc1OCC(=O)Nc1sc2c(c1C(=O)NCC1CCCO1)CCCC2. The molecule has 7 heteroatoms. The van der Waals surface area contributed by atoms with Crippen LogP contribution < -0.4 is 15.4 Å². The normalized spacial score (nSPS) is 18.0. The van der Waals surface area contributed by atoms with Crippen LogP contribution in [0.25, 0.3) is 0 Å². The zero-order chi connectivity index (χ0) is 20.9. The summed E-state index contributed by atoms with van der Waals surface area (Å²) in [7, 11) is 0. The molecule has 2 aliphatic rings. The molecule has 2 amide bonds. The van der Waals surface area contributed by atoms with Crippen LogP contribution in [0.2, 0.25) is 0 Å². The van der Waals surface area contributed by atoms with E-state index in [9.17, 15) is 9.59 Å². The van der Waals surface area contributed by atoms with Crippen LogP contribution in [-0.2, 0) is 22.4 Å². The molecule has 1 aromatic heterocycles. The third-order valence-electron chi connectivity index (χ3n) is 5.62. The number of amides is 2. The number of fused-ring (bicyclic) bond motifs is 1. The van der Waals surface area contributed by atoms with Crippen molar-refractivity contribution in [2.45, 2.75) is 51.6 Å². The predicted octanol–water partition coefficient (Wildman–Crippen LogP) is 3.86. The number of thiophene rings is 1. The number of benzene rings is 1. The van der Waals surface area contributed by atoms with E-state index >= 15 is 0 Å². The van der Waals surface area contributed by atoms with E-state index in [0.717, 1.165) is 56.3 Å². The lowest BCUT2D eigenvalue weighted by atomic mass is 9.95. The zero-order valence-corrected chi connectivity index (χ0v) is 18.1. The molecule has 1 atom stereocenters. The standard InChI is InChI=1S/C23H28N2O4S/c1-15-7-2-4-10-18(15)29-14-20(26)25-23-21(17-9-3-5-11-19(17)30-23)22(27)24-13-16-8-6-12-28-16/h2,4,7,10,16H,3,5-6,8-9,11-14H2,1H3,(H,24,27)(H,25,26). The molecule has 0 radical (unpaired) electrons. The lowest BCUT2D eigenvalue weighted by Gasteiger charge is -2.15. The average Bonchev–Trinajstić information content (AvgIpc) is 3.39. The van der Waals surface area contributed by atoms with Crippen molar-refractivity contribution in [3.05, 3.63) is 45.8 Å². The predicted molar refractivity (Wildman–Crippen MR) is 118 cm³/mol. The van der Waals surface area contributed by atoms with E-state index in [4.69, 9.17) is 9.47 Å². The van der Waals surface area contributed by atoms with Gasteiger partial charge >= 0.3 is 0 Å². The number of anilines is 1. The first-order valence-electron chi connectivity index (χ1n) is 10.6. The maximum absolute atomic E-state index is 13.0. The molecule has 1 aliphatic heterocycles. The van der Waals surface area contributed by atoms with Gasteiger partial charge in [-0.05, 0) is 62.6 Å². The van der Waals surface area contributed by atoms with Crippen LogP contribution >= 0.6 is 11.3 Å². The van der Waals surface area contributed by atoms with Gasteiger partial charge in [-0.15, -0.1) is 11.3 Å². The first-order valence-corrected chi connectivity index (χ1v) is 11.5. The second kappa shape index (κ2) is 9.62. The minimum atomic E-state index is -0.259. The molecule has 0 spiro atoms. The van der Waals surface area contributed by atoms with E-state index in [2.05, 4.69) is 10.6 Å². The van der Waals surface area contributed by atoms with Gasteiger partial charge in [-0.2, -0.15) is 0 Å². The molecule has 0 bridgehead atoms. The molecule has 4 rings (SSSR count). The number of hydrogen-bond acceptors (Lipinski definition) is 5. The van der Waals surface area contributed by atoms with Gasteiger partial charge in [-0.3, -0.25) is 9.59 Å². The lowest BCUT2D eigenvalue weighted by molar-refractivity contribution is -0.118. The Hall–Kier alpha value is -2.38. The van der Waals surface area contributed by atoms with E-state index in [0.29, 0.717) is 22.9 Å². The van der Waals surface area contributed by atoms with Crippen molar-refractivity contribution in [1.82, 2.24) is 5.32 Å². The highest BCUT2D eigenvalue weighted by Gasteiger charge is 2.27. The molecule has 1 aromatic carbocycles. The molecule has 6 nitrogen and oxygen atoms in total. The number of hydrogen-bond donors (Lipinski definition) is 2. The summed E-state index contributed by atoms with van der Waals surface area (Å²) in [6, 6.07) is 7.59. The highest BCUT2D eigenvalue weighted by atomic mass is 32.1. The maximum Gasteiger partial charge on any atom is 0.262 e. The number of para-hydroxylation sites is 1. The fourth-order valence-electron chi connectivity index (χ4n) is 4.02. The van der Waals surface area contributed by atoms with Crippen LogP contribution in [0.1, 0.15) is 52.0 Å². The number of aryl methyl sites for hydroxylation is 2. The summed E-state index contributed by atoms with van der Waals surface area (Å²) in [6.45, 7) is 3.12. The summed E-state index contributed by atoms with van der Waals surface area (Å²) in [6.07, 6.45) is 6.13. The van der Waals surface area contributed by atoms with Crippen molar-refractivity contribution >= 4 is 28.2 Å². The van der Waals surface area contributed by atoms with Gasteiger partial charge in [-0.25, -0.2) is 0 Å². The minimum Gasteiger partial charge on any atom is -0.483 e. The van der Waals surface area contributed by atoms with Crippen LogP contribution in [0.4, 0.5) is 5.00 Å². The van der Waals surface area contributed by atoms with Gasteiger partial charge in [0.1, 0.15) is 10.8 Å². The topological polar surface area (TPSA) is 76.7 Å². The van der Waals surface area contributed by atoms with Gasteiger partial charge in [0.25, 0.3) is 11.8 Å². The Bertz CT molecular complexity index is 918. The van der Waals surface area contributed by atoms with Crippen molar-refractivity contribution in [3.63, 3.8) is 0 Å². The molecule has 2 heterocycles. The third kappa shape index (κ3) is 4.84. The summed E-state index contributed by atoms with van der Waals surface area (Å²) in [4.78, 5) is 26.8. The summed E-state index contributed by atoms with van der Waals surface area (Å²) in [5, 5.41) is 6.57. The number of carbonyl (C=O) groups excluding carboxylic acids is 2. The molecular weight excluding hydrogens is 400 g/mol. The zero-order valence-electron chi connectivity index (χ0n) is 17.3. The molecule has 1 unspecified atom stereocenters. The van der Waals surface area contributed by atoms with Crippen LogP contribution in [0.3, 0.4) is 0 Å². The van der Waals surface area contributed by atoms with Gasteiger partial charge in [0.15, 0.2) is 6.61 Å². The molecule has 0 saturated carbocycles. The Morgan fingerprint density at radius 2 is 2.03 bits per heavy atom. The summed E-state index contributed by atoms with van der Waals surface area (Å²) < 4.78 is 11.3. The minimum absolute atomic E-state index is 0.0870. The van der Waals surface area contributed by atoms with E-state index < -0.39 is 0 Å². The Kier molecular flexibility index (Phi) is 6.69. The lowest BCUT2D eigenvalue weighted by Crippen LogP contribution is -2.33. The van der Waals surface area contributed by atoms with Crippen LogP contribution in [0, 0.1) is 6.92 Å². The van der Waals surface area contributed by atoms with E-state index in [-0.39, 0.29) is 24.5 Å². The van der Waals surface area contributed by atoms with Crippen molar-refractivity contribution in [2.24, 2.45) is 0 Å². The second-order valence-electron chi connectivity index (χ2n) is 7.86. The Balaban J connectivity index is 1.45. The number of ether oxygens (including phenoxy) is 2. The Labute approximate surface area is 181 Å². The molecule has 2 aromatic rings. The van der Waals surface area contributed by atoms with Gasteiger partial charge < -0.3 is 20.1 Å². The highest BCUT2D eigenvalue weighted by Crippen LogP contribution is 2.38. The number of rotatable bonds is 7. The van der Waals surface area contributed by atoms with Crippen LogP contribution in [0.15, 0.2) is 24.3 Å². The fourth-order valence-corrected chi connectivity index (χ4v) is 5.32. The molecule has 1 fully saturated rings. The van der Waals surface area contributed by atoms with Crippen LogP contribution in [0.5, 0.6) is 5.75 Å². The van der Waals surface area contributed by atoms with Gasteiger partial charge in [-0.1, -0.05) is 18.2 Å². The Morgan fingerprint density at radius 1 is 1.20 bits per heavy atom. The van der Waals surface area contributed by atoms with Crippen molar-refractivity contribution < 1.29 is 19.1 Å². The monoisotopic (exact) mass is 428 g/mol. The second-order valence-corrected chi connectivity index (χ2v) is 8.97. The largest absolute Gasteiger partial charge is 0.483 e. The first kappa shape index (κ1) is 20.9. The van der Waals surface area contributed by atoms with Crippen molar-refractivity contribution in [3.8, 4) is 5.75 Å². The van der Waals surface area contributed by atoms with Crippen molar-refractivity contribution in [2.75, 3.05) is 25.1 Å². The average molecular weight is 429 g/mol. The molecular formula is C23H28N2O4S. The highest BCUT2D eigenvalue weighted by molar-refractivity contribution is 7.17. The van der Waals surface area contributed by atoms with Crippen LogP contribution in [-0.4, -0.2) is 37.7 Å². The smallest absolute Gasteiger partial charge is 0.262 e. The number of nitrogens with one attached hydrogen (secondary N) is 2. The fraction of sp³-hybridized carbons (Fsp3) is 0.478. The molecule has 1 aliphatic carbocycles. The maximum atomic E-state index is 13.0. The molecule has 1 saturated heterocycles. The van der Waals surface area contributed by atoms with E-state index in [1.54, 1.807) is 0 Å². The van der Waals surface area contributed by atoms with Gasteiger partial charge in [0, 0.05) is 18.0 Å². The quantitative estimate of drug-likeness (QED) is 0.702. The summed E-state index contributed by atoms with van der Waals surface area (Å²) in [5.74, 6) is 0.303. The van der Waals surface area contributed by atoms with Gasteiger partial charge in [0.05, 0.1) is 11.7 Å². The van der Waals surface area contributed by atoms with Crippen molar-refractivity contribution in [1.29, 1.82) is 0 Å². The third-order valence-corrected chi connectivity index (χ3v) is 6.83. The molecule has 160 valence electrons. The summed E-state index contributed by atoms with van der Waals surface area (Å²) >= 11 is 1.52. The number of carbonyl (C=O) groups is 2. The van der Waals surface area contributed by atoms with E-state index in [1.807, 2.05) is 31.2 Å². The molecule has 2 N–H and O–H groups in total. The Morgan fingerprint density at radius 3 is 2.83 bits per heavy atom. The summed E-state index contributed by atoms with van der Waals surface area (Å²) in [5.41, 5.74) is 2.69.